The second-order valence-electron chi connectivity index (χ2n) is 4.78. The Kier molecular flexibility index (Phi) is 3.97. The Bertz CT molecular complexity index is 364. The van der Waals surface area contributed by atoms with E-state index in [2.05, 4.69) is 4.90 Å². The lowest BCUT2D eigenvalue weighted by Crippen LogP contribution is -2.36. The molecule has 17 heavy (non-hydrogen) atoms. The lowest BCUT2D eigenvalue weighted by molar-refractivity contribution is 0.0671. The SMILES string of the molecule is CC(O)C1CCN(Cc2ccc(C=O)o2)CC1. The van der Waals surface area contributed by atoms with Crippen LogP contribution in [0.5, 0.6) is 0 Å². The first-order valence-corrected chi connectivity index (χ1v) is 6.13. The summed E-state index contributed by atoms with van der Waals surface area (Å²) in [7, 11) is 0. The van der Waals surface area contributed by atoms with Crippen molar-refractivity contribution in [3.05, 3.63) is 23.7 Å². The third-order valence-corrected chi connectivity index (χ3v) is 3.49. The number of hydrogen-bond donors (Lipinski definition) is 1. The van der Waals surface area contributed by atoms with Gasteiger partial charge < -0.3 is 9.52 Å². The van der Waals surface area contributed by atoms with E-state index in [0.717, 1.165) is 44.5 Å². The number of carbonyl (C=O) groups excluding carboxylic acids is 1. The fourth-order valence-electron chi connectivity index (χ4n) is 2.36. The molecular weight excluding hydrogens is 218 g/mol. The molecular formula is C13H19NO3. The van der Waals surface area contributed by atoms with Gasteiger partial charge in [-0.2, -0.15) is 0 Å². The molecule has 0 saturated carbocycles. The van der Waals surface area contributed by atoms with E-state index in [1.807, 2.05) is 13.0 Å². The largest absolute Gasteiger partial charge is 0.457 e. The molecule has 1 N–H and O–H groups in total. The first-order valence-electron chi connectivity index (χ1n) is 6.13. The van der Waals surface area contributed by atoms with Gasteiger partial charge in [-0.1, -0.05) is 0 Å². The molecule has 0 radical (unpaired) electrons. The molecule has 1 unspecified atom stereocenters. The van der Waals surface area contributed by atoms with Gasteiger partial charge in [-0.3, -0.25) is 9.69 Å². The topological polar surface area (TPSA) is 53.7 Å². The van der Waals surface area contributed by atoms with Gasteiger partial charge in [0, 0.05) is 0 Å². The monoisotopic (exact) mass is 237 g/mol. The van der Waals surface area contributed by atoms with Crippen LogP contribution in [0, 0.1) is 5.92 Å². The molecule has 1 aliphatic rings. The molecule has 0 amide bonds. The van der Waals surface area contributed by atoms with Crippen LogP contribution in [-0.4, -0.2) is 35.5 Å². The molecule has 1 saturated heterocycles. The van der Waals surface area contributed by atoms with Gasteiger partial charge in [0.15, 0.2) is 12.0 Å². The number of carbonyl (C=O) groups is 1. The Hall–Kier alpha value is -1.13. The van der Waals surface area contributed by atoms with Crippen LogP contribution in [0.4, 0.5) is 0 Å². The predicted molar refractivity (Wildman–Crippen MR) is 63.8 cm³/mol. The zero-order valence-electron chi connectivity index (χ0n) is 10.1. The van der Waals surface area contributed by atoms with E-state index in [1.54, 1.807) is 6.07 Å². The molecule has 1 aliphatic heterocycles. The van der Waals surface area contributed by atoms with Gasteiger partial charge in [-0.05, 0) is 50.9 Å². The van der Waals surface area contributed by atoms with Gasteiger partial charge in [0.25, 0.3) is 0 Å². The second kappa shape index (κ2) is 5.47. The van der Waals surface area contributed by atoms with E-state index in [4.69, 9.17) is 4.42 Å². The van der Waals surface area contributed by atoms with Gasteiger partial charge in [0.1, 0.15) is 5.76 Å². The summed E-state index contributed by atoms with van der Waals surface area (Å²) in [5.74, 6) is 1.65. The summed E-state index contributed by atoms with van der Waals surface area (Å²) in [5, 5.41) is 9.51. The van der Waals surface area contributed by atoms with Crippen molar-refractivity contribution < 1.29 is 14.3 Å². The molecule has 4 heteroatoms. The van der Waals surface area contributed by atoms with E-state index in [-0.39, 0.29) is 6.10 Å². The van der Waals surface area contributed by atoms with E-state index in [1.165, 1.54) is 0 Å². The highest BCUT2D eigenvalue weighted by Crippen LogP contribution is 2.22. The fourth-order valence-corrected chi connectivity index (χ4v) is 2.36. The minimum Gasteiger partial charge on any atom is -0.457 e. The molecule has 1 aromatic rings. The molecule has 94 valence electrons. The van der Waals surface area contributed by atoms with Crippen LogP contribution in [0.1, 0.15) is 36.1 Å². The number of aldehydes is 1. The summed E-state index contributed by atoms with van der Waals surface area (Å²) in [5.41, 5.74) is 0. The van der Waals surface area contributed by atoms with Crippen molar-refractivity contribution in [2.45, 2.75) is 32.4 Å². The zero-order valence-corrected chi connectivity index (χ0v) is 10.1. The summed E-state index contributed by atoms with van der Waals surface area (Å²) in [6.07, 6.45) is 2.57. The summed E-state index contributed by atoms with van der Waals surface area (Å²) in [4.78, 5) is 12.8. The second-order valence-corrected chi connectivity index (χ2v) is 4.78. The predicted octanol–water partition coefficient (Wildman–Crippen LogP) is 1.68. The molecule has 0 bridgehead atoms. The van der Waals surface area contributed by atoms with Crippen LogP contribution in [0.15, 0.2) is 16.5 Å². The number of piperidine rings is 1. The summed E-state index contributed by atoms with van der Waals surface area (Å²) in [6.45, 7) is 4.57. The summed E-state index contributed by atoms with van der Waals surface area (Å²) >= 11 is 0. The number of furan rings is 1. The highest BCUT2D eigenvalue weighted by atomic mass is 16.3. The van der Waals surface area contributed by atoms with Crippen molar-refractivity contribution in [3.63, 3.8) is 0 Å². The number of hydrogen-bond acceptors (Lipinski definition) is 4. The molecule has 4 nitrogen and oxygen atoms in total. The highest BCUT2D eigenvalue weighted by molar-refractivity contribution is 5.70. The number of aliphatic hydroxyl groups is 1. The molecule has 1 fully saturated rings. The van der Waals surface area contributed by atoms with Gasteiger partial charge >= 0.3 is 0 Å². The lowest BCUT2D eigenvalue weighted by Gasteiger charge is -2.32. The normalized spacial score (nSPS) is 20.4. The molecule has 0 aliphatic carbocycles. The maximum absolute atomic E-state index is 10.5. The Morgan fingerprint density at radius 1 is 1.53 bits per heavy atom. The van der Waals surface area contributed by atoms with E-state index in [9.17, 15) is 9.90 Å². The Balaban J connectivity index is 1.83. The Morgan fingerprint density at radius 2 is 2.24 bits per heavy atom. The minimum absolute atomic E-state index is 0.206. The quantitative estimate of drug-likeness (QED) is 0.810. The third kappa shape index (κ3) is 3.17. The molecule has 1 atom stereocenters. The van der Waals surface area contributed by atoms with Crippen LogP contribution in [-0.2, 0) is 6.54 Å². The molecule has 1 aromatic heterocycles. The van der Waals surface area contributed by atoms with E-state index < -0.39 is 0 Å². The number of aliphatic hydroxyl groups excluding tert-OH is 1. The average molecular weight is 237 g/mol. The minimum atomic E-state index is -0.206. The van der Waals surface area contributed by atoms with Crippen LogP contribution < -0.4 is 0 Å². The van der Waals surface area contributed by atoms with Gasteiger partial charge in [-0.15, -0.1) is 0 Å². The smallest absolute Gasteiger partial charge is 0.185 e. The van der Waals surface area contributed by atoms with Crippen LogP contribution in [0.3, 0.4) is 0 Å². The van der Waals surface area contributed by atoms with Crippen LogP contribution >= 0.6 is 0 Å². The molecule has 2 rings (SSSR count). The lowest BCUT2D eigenvalue weighted by atomic mass is 9.92. The van der Waals surface area contributed by atoms with E-state index >= 15 is 0 Å². The fraction of sp³-hybridized carbons (Fsp3) is 0.615. The van der Waals surface area contributed by atoms with Gasteiger partial charge in [0.05, 0.1) is 12.6 Å². The first-order chi connectivity index (χ1) is 8.19. The van der Waals surface area contributed by atoms with Crippen LogP contribution in [0.2, 0.25) is 0 Å². The van der Waals surface area contributed by atoms with Crippen molar-refractivity contribution in [3.8, 4) is 0 Å². The van der Waals surface area contributed by atoms with Crippen molar-refractivity contribution in [1.82, 2.24) is 4.90 Å². The first kappa shape index (κ1) is 12.3. The van der Waals surface area contributed by atoms with Crippen molar-refractivity contribution in [2.24, 2.45) is 5.92 Å². The third-order valence-electron chi connectivity index (χ3n) is 3.49. The van der Waals surface area contributed by atoms with Gasteiger partial charge in [-0.25, -0.2) is 0 Å². The van der Waals surface area contributed by atoms with Crippen LogP contribution in [0.25, 0.3) is 0 Å². The summed E-state index contributed by atoms with van der Waals surface area (Å²) < 4.78 is 5.35. The molecule has 0 aromatic carbocycles. The Labute approximate surface area is 101 Å². The van der Waals surface area contributed by atoms with Crippen molar-refractivity contribution in [1.29, 1.82) is 0 Å². The molecule has 0 spiro atoms. The van der Waals surface area contributed by atoms with Crippen molar-refractivity contribution in [2.75, 3.05) is 13.1 Å². The Morgan fingerprint density at radius 3 is 2.76 bits per heavy atom. The van der Waals surface area contributed by atoms with Crippen molar-refractivity contribution >= 4 is 6.29 Å². The van der Waals surface area contributed by atoms with E-state index in [0.29, 0.717) is 11.7 Å². The average Bonchev–Trinajstić information content (AvgIpc) is 2.77. The zero-order chi connectivity index (χ0) is 12.3. The van der Waals surface area contributed by atoms with Gasteiger partial charge in [0.2, 0.25) is 0 Å². The standard InChI is InChI=1S/C13H19NO3/c1-10(16)11-4-6-14(7-5-11)8-12-2-3-13(9-15)17-12/h2-3,9-11,16H,4-8H2,1H3. The number of likely N-dealkylation sites (tertiary alicyclic amines) is 1. The maximum Gasteiger partial charge on any atom is 0.185 e. The molecule has 2 heterocycles. The summed E-state index contributed by atoms with van der Waals surface area (Å²) in [6, 6.07) is 3.55. The number of rotatable bonds is 4. The highest BCUT2D eigenvalue weighted by Gasteiger charge is 2.23. The number of nitrogens with zero attached hydrogens (tertiary/aromatic N) is 1. The maximum atomic E-state index is 10.5.